The summed E-state index contributed by atoms with van der Waals surface area (Å²) in [4.78, 5) is 25.9. The molecule has 1 aromatic rings. The second-order valence-corrected chi connectivity index (χ2v) is 5.36. The van der Waals surface area contributed by atoms with Crippen molar-refractivity contribution in [3.8, 4) is 17.2 Å². The molecular weight excluding hydrogens is 328 g/mol. The van der Waals surface area contributed by atoms with Crippen LogP contribution < -0.4 is 19.5 Å². The van der Waals surface area contributed by atoms with Crippen molar-refractivity contribution in [2.75, 3.05) is 35.5 Å². The fourth-order valence-corrected chi connectivity index (χ4v) is 2.79. The van der Waals surface area contributed by atoms with Gasteiger partial charge in [0.25, 0.3) is 0 Å². The minimum Gasteiger partial charge on any atom is -0.493 e. The van der Waals surface area contributed by atoms with Gasteiger partial charge in [0.1, 0.15) is 0 Å². The van der Waals surface area contributed by atoms with Gasteiger partial charge in [-0.1, -0.05) is 0 Å². The number of hydrogen-bond acceptors (Lipinski definition) is 6. The molecule has 1 atom stereocenters. The van der Waals surface area contributed by atoms with Crippen LogP contribution in [0.1, 0.15) is 18.5 Å². The van der Waals surface area contributed by atoms with E-state index in [2.05, 4.69) is 5.32 Å². The predicted octanol–water partition coefficient (Wildman–Crippen LogP) is 1.86. The normalized spacial score (nSPS) is 17.1. The van der Waals surface area contributed by atoms with Crippen molar-refractivity contribution in [3.05, 3.63) is 29.0 Å². The standard InChI is InChI=1S/C17H22N2O6/c1-9-12(16(20)25-6)13(18-17(21)19(9)2)10-7-8-11(22-3)15(24-5)14(10)23-4/h7-8,13H,1-6H3,(H,18,21). The van der Waals surface area contributed by atoms with E-state index in [1.165, 1.54) is 33.3 Å². The van der Waals surface area contributed by atoms with Crippen molar-refractivity contribution >= 4 is 12.0 Å². The Balaban J connectivity index is 2.70. The van der Waals surface area contributed by atoms with Crippen LogP contribution in [0.5, 0.6) is 17.2 Å². The molecule has 2 rings (SSSR count). The summed E-state index contributed by atoms with van der Waals surface area (Å²) in [7, 11) is 7.35. The van der Waals surface area contributed by atoms with Crippen LogP contribution >= 0.6 is 0 Å². The Morgan fingerprint density at radius 3 is 2.24 bits per heavy atom. The monoisotopic (exact) mass is 350 g/mol. The van der Waals surface area contributed by atoms with E-state index < -0.39 is 12.0 Å². The summed E-state index contributed by atoms with van der Waals surface area (Å²) >= 11 is 0. The quantitative estimate of drug-likeness (QED) is 0.816. The second-order valence-electron chi connectivity index (χ2n) is 5.36. The maximum atomic E-state index is 12.3. The van der Waals surface area contributed by atoms with E-state index in [4.69, 9.17) is 18.9 Å². The van der Waals surface area contributed by atoms with Crippen LogP contribution in [-0.4, -0.2) is 52.4 Å². The average Bonchev–Trinajstić information content (AvgIpc) is 2.63. The summed E-state index contributed by atoms with van der Waals surface area (Å²) in [6, 6.07) is 2.32. The molecule has 0 aromatic heterocycles. The molecule has 0 radical (unpaired) electrons. The lowest BCUT2D eigenvalue weighted by Crippen LogP contribution is -2.46. The first-order chi connectivity index (χ1) is 11.9. The van der Waals surface area contributed by atoms with Crippen molar-refractivity contribution in [1.82, 2.24) is 10.2 Å². The van der Waals surface area contributed by atoms with E-state index >= 15 is 0 Å². The Kier molecular flexibility index (Phi) is 5.41. The SMILES string of the molecule is COC(=O)C1=C(C)N(C)C(=O)NC1c1ccc(OC)c(OC)c1OC. The smallest absolute Gasteiger partial charge is 0.337 e. The Labute approximate surface area is 146 Å². The molecular formula is C17H22N2O6. The van der Waals surface area contributed by atoms with Crippen LogP contribution in [0.4, 0.5) is 4.79 Å². The third-order valence-corrected chi connectivity index (χ3v) is 4.20. The number of allylic oxidation sites excluding steroid dienone is 1. The average molecular weight is 350 g/mol. The maximum Gasteiger partial charge on any atom is 0.337 e. The molecule has 0 fully saturated rings. The van der Waals surface area contributed by atoms with Gasteiger partial charge in [0, 0.05) is 18.3 Å². The highest BCUT2D eigenvalue weighted by Crippen LogP contribution is 2.44. The highest BCUT2D eigenvalue weighted by molar-refractivity contribution is 5.95. The predicted molar refractivity (Wildman–Crippen MR) is 89.8 cm³/mol. The van der Waals surface area contributed by atoms with Gasteiger partial charge in [-0.3, -0.25) is 0 Å². The number of nitrogens with one attached hydrogen (secondary N) is 1. The van der Waals surface area contributed by atoms with E-state index in [0.29, 0.717) is 34.1 Å². The van der Waals surface area contributed by atoms with Gasteiger partial charge in [-0.05, 0) is 19.1 Å². The van der Waals surface area contributed by atoms with Gasteiger partial charge in [0.2, 0.25) is 5.75 Å². The molecule has 1 aliphatic heterocycles. The number of ether oxygens (including phenoxy) is 4. The Hall–Kier alpha value is -2.90. The maximum absolute atomic E-state index is 12.3. The number of carbonyl (C=O) groups is 2. The van der Waals surface area contributed by atoms with Gasteiger partial charge in [-0.15, -0.1) is 0 Å². The van der Waals surface area contributed by atoms with Gasteiger partial charge in [-0.25, -0.2) is 9.59 Å². The lowest BCUT2D eigenvalue weighted by atomic mass is 9.93. The van der Waals surface area contributed by atoms with Crippen LogP contribution in [0.3, 0.4) is 0 Å². The van der Waals surface area contributed by atoms with Crippen LogP contribution in [0.15, 0.2) is 23.4 Å². The van der Waals surface area contributed by atoms with Crippen molar-refractivity contribution in [1.29, 1.82) is 0 Å². The fourth-order valence-electron chi connectivity index (χ4n) is 2.79. The molecule has 0 aliphatic carbocycles. The molecule has 0 saturated heterocycles. The molecule has 136 valence electrons. The van der Waals surface area contributed by atoms with E-state index in [-0.39, 0.29) is 6.03 Å². The highest BCUT2D eigenvalue weighted by Gasteiger charge is 2.37. The first kappa shape index (κ1) is 18.4. The van der Waals surface area contributed by atoms with Crippen LogP contribution in [0.25, 0.3) is 0 Å². The summed E-state index contributed by atoms with van der Waals surface area (Å²) in [6.07, 6.45) is 0. The van der Waals surface area contributed by atoms with E-state index in [9.17, 15) is 9.59 Å². The van der Waals surface area contributed by atoms with Gasteiger partial charge in [0.05, 0.1) is 40.1 Å². The number of urea groups is 1. The van der Waals surface area contributed by atoms with Gasteiger partial charge in [0.15, 0.2) is 11.5 Å². The minimum absolute atomic E-state index is 0.315. The number of hydrogen-bond donors (Lipinski definition) is 1. The number of rotatable bonds is 5. The van der Waals surface area contributed by atoms with Crippen molar-refractivity contribution in [3.63, 3.8) is 0 Å². The third-order valence-electron chi connectivity index (χ3n) is 4.20. The summed E-state index contributed by atoms with van der Waals surface area (Å²) < 4.78 is 21.0. The van der Waals surface area contributed by atoms with Crippen molar-refractivity contribution in [2.24, 2.45) is 0 Å². The second kappa shape index (κ2) is 7.33. The Bertz CT molecular complexity index is 728. The zero-order valence-corrected chi connectivity index (χ0v) is 15.1. The van der Waals surface area contributed by atoms with Crippen LogP contribution in [0.2, 0.25) is 0 Å². The van der Waals surface area contributed by atoms with Crippen LogP contribution in [-0.2, 0) is 9.53 Å². The summed E-state index contributed by atoms with van der Waals surface area (Å²) in [5.41, 5.74) is 1.37. The summed E-state index contributed by atoms with van der Waals surface area (Å²) in [5.74, 6) is 0.678. The lowest BCUT2D eigenvalue weighted by Gasteiger charge is -2.33. The largest absolute Gasteiger partial charge is 0.493 e. The van der Waals surface area contributed by atoms with Gasteiger partial charge >= 0.3 is 12.0 Å². The number of esters is 1. The Morgan fingerprint density at radius 1 is 1.08 bits per heavy atom. The number of carbonyl (C=O) groups excluding carboxylic acids is 2. The van der Waals surface area contributed by atoms with E-state index in [0.717, 1.165) is 0 Å². The van der Waals surface area contributed by atoms with E-state index in [1.807, 2.05) is 0 Å². The number of benzene rings is 1. The lowest BCUT2D eigenvalue weighted by molar-refractivity contribution is -0.136. The molecule has 1 heterocycles. The molecule has 0 spiro atoms. The summed E-state index contributed by atoms with van der Waals surface area (Å²) in [5, 5.41) is 2.79. The highest BCUT2D eigenvalue weighted by atomic mass is 16.5. The first-order valence-corrected chi connectivity index (χ1v) is 7.53. The number of amides is 2. The molecule has 0 bridgehead atoms. The first-order valence-electron chi connectivity index (χ1n) is 7.53. The van der Waals surface area contributed by atoms with Gasteiger partial charge < -0.3 is 29.2 Å². The molecule has 1 aromatic carbocycles. The molecule has 1 N–H and O–H groups in total. The van der Waals surface area contributed by atoms with E-state index in [1.54, 1.807) is 26.1 Å². The van der Waals surface area contributed by atoms with Crippen molar-refractivity contribution in [2.45, 2.75) is 13.0 Å². The zero-order valence-electron chi connectivity index (χ0n) is 15.1. The molecule has 1 aliphatic rings. The Morgan fingerprint density at radius 2 is 1.72 bits per heavy atom. The summed E-state index contributed by atoms with van der Waals surface area (Å²) in [6.45, 7) is 1.69. The topological polar surface area (TPSA) is 86.3 Å². The molecule has 8 nitrogen and oxygen atoms in total. The number of nitrogens with zero attached hydrogens (tertiary/aromatic N) is 1. The van der Waals surface area contributed by atoms with Crippen molar-refractivity contribution < 1.29 is 28.5 Å². The molecule has 8 heteroatoms. The molecule has 25 heavy (non-hydrogen) atoms. The molecule has 0 saturated carbocycles. The third kappa shape index (κ3) is 3.07. The molecule has 2 amide bonds. The zero-order chi connectivity index (χ0) is 18.7. The fraction of sp³-hybridized carbons (Fsp3) is 0.412. The van der Waals surface area contributed by atoms with Gasteiger partial charge in [-0.2, -0.15) is 0 Å². The minimum atomic E-state index is -0.745. The van der Waals surface area contributed by atoms with Crippen LogP contribution in [0, 0.1) is 0 Å². The number of methoxy groups -OCH3 is 4. The molecule has 1 unspecified atom stereocenters.